The fourth-order valence-corrected chi connectivity index (χ4v) is 2.78. The summed E-state index contributed by atoms with van der Waals surface area (Å²) >= 11 is 0. The first kappa shape index (κ1) is 14.8. The molecule has 7 heteroatoms. The van der Waals surface area contributed by atoms with Crippen LogP contribution in [0.3, 0.4) is 0 Å². The van der Waals surface area contributed by atoms with Gasteiger partial charge in [-0.05, 0) is 38.9 Å². The van der Waals surface area contributed by atoms with Crippen LogP contribution in [-0.4, -0.2) is 42.7 Å². The van der Waals surface area contributed by atoms with E-state index >= 15 is 0 Å². The van der Waals surface area contributed by atoms with Crippen molar-refractivity contribution >= 4 is 17.6 Å². The second-order valence-electron chi connectivity index (χ2n) is 5.58. The minimum Gasteiger partial charge on any atom is -0.474 e. The Kier molecular flexibility index (Phi) is 4.24. The number of hydrogen-bond acceptors (Lipinski definition) is 5. The Morgan fingerprint density at radius 3 is 2.82 bits per heavy atom. The van der Waals surface area contributed by atoms with Gasteiger partial charge in [-0.3, -0.25) is 15.0 Å². The van der Waals surface area contributed by atoms with Crippen LogP contribution < -0.4 is 20.3 Å². The van der Waals surface area contributed by atoms with Gasteiger partial charge in [0, 0.05) is 24.7 Å². The fraction of sp³-hybridized carbons (Fsp3) is 0.533. The Morgan fingerprint density at radius 1 is 1.32 bits per heavy atom. The van der Waals surface area contributed by atoms with Crippen LogP contribution in [0, 0.1) is 6.92 Å². The van der Waals surface area contributed by atoms with Crippen molar-refractivity contribution in [3.63, 3.8) is 0 Å². The number of piperidine rings is 1. The van der Waals surface area contributed by atoms with Gasteiger partial charge in [0.2, 0.25) is 11.8 Å². The first-order valence-electron chi connectivity index (χ1n) is 7.59. The van der Waals surface area contributed by atoms with Crippen molar-refractivity contribution in [3.05, 3.63) is 17.8 Å². The molecule has 22 heavy (non-hydrogen) atoms. The third-order valence-electron chi connectivity index (χ3n) is 4.04. The highest BCUT2D eigenvalue weighted by Crippen LogP contribution is 2.29. The first-order valence-corrected chi connectivity index (χ1v) is 7.59. The summed E-state index contributed by atoms with van der Waals surface area (Å²) in [6.45, 7) is 4.16. The number of pyridine rings is 1. The normalized spacial score (nSPS) is 20.0. The van der Waals surface area contributed by atoms with Gasteiger partial charge in [0.05, 0.1) is 5.69 Å². The lowest BCUT2D eigenvalue weighted by Gasteiger charge is -2.29. The van der Waals surface area contributed by atoms with Gasteiger partial charge in [-0.25, -0.2) is 9.78 Å². The summed E-state index contributed by atoms with van der Waals surface area (Å²) in [6, 6.07) is 1.39. The van der Waals surface area contributed by atoms with E-state index in [0.717, 1.165) is 37.2 Å². The number of imide groups is 1. The van der Waals surface area contributed by atoms with Crippen LogP contribution in [-0.2, 0) is 4.79 Å². The van der Waals surface area contributed by atoms with Gasteiger partial charge >= 0.3 is 6.03 Å². The molecule has 0 spiro atoms. The van der Waals surface area contributed by atoms with E-state index in [-0.39, 0.29) is 12.0 Å². The molecule has 1 aromatic rings. The Morgan fingerprint density at radius 2 is 2.09 bits per heavy atom. The molecule has 3 amide bonds. The van der Waals surface area contributed by atoms with Gasteiger partial charge in [-0.2, -0.15) is 0 Å². The molecule has 7 nitrogen and oxygen atoms in total. The van der Waals surface area contributed by atoms with Crippen LogP contribution in [0.5, 0.6) is 5.88 Å². The van der Waals surface area contributed by atoms with Crippen LogP contribution in [0.2, 0.25) is 0 Å². The minimum absolute atomic E-state index is 0.152. The van der Waals surface area contributed by atoms with Gasteiger partial charge in [0.25, 0.3) is 0 Å². The summed E-state index contributed by atoms with van der Waals surface area (Å²) in [4.78, 5) is 29.1. The number of carbonyl (C=O) groups excluding carboxylic acids is 2. The largest absolute Gasteiger partial charge is 0.474 e. The maximum atomic E-state index is 12.0. The van der Waals surface area contributed by atoms with Crippen LogP contribution in [0.4, 0.5) is 10.5 Å². The molecular formula is C15H20N4O3. The van der Waals surface area contributed by atoms with Crippen molar-refractivity contribution in [3.8, 4) is 5.88 Å². The second-order valence-corrected chi connectivity index (χ2v) is 5.58. The Bertz CT molecular complexity index is 584. The number of aromatic nitrogens is 1. The average molecular weight is 304 g/mol. The number of nitrogens with one attached hydrogen (secondary N) is 2. The zero-order valence-electron chi connectivity index (χ0n) is 12.6. The molecule has 118 valence electrons. The molecule has 0 radical (unpaired) electrons. The van der Waals surface area contributed by atoms with Crippen LogP contribution in [0.25, 0.3) is 0 Å². The lowest BCUT2D eigenvalue weighted by molar-refractivity contribution is -0.120. The third kappa shape index (κ3) is 3.04. The molecule has 0 atom stereocenters. The number of anilines is 1. The summed E-state index contributed by atoms with van der Waals surface area (Å²) < 4.78 is 6.00. The van der Waals surface area contributed by atoms with Crippen LogP contribution >= 0.6 is 0 Å². The minimum atomic E-state index is -0.390. The van der Waals surface area contributed by atoms with Crippen LogP contribution in [0.1, 0.15) is 24.8 Å². The molecule has 1 aromatic heterocycles. The number of amides is 3. The Balaban J connectivity index is 1.79. The van der Waals surface area contributed by atoms with E-state index in [4.69, 9.17) is 4.74 Å². The third-order valence-corrected chi connectivity index (χ3v) is 4.04. The quantitative estimate of drug-likeness (QED) is 0.869. The van der Waals surface area contributed by atoms with E-state index in [0.29, 0.717) is 18.8 Å². The van der Waals surface area contributed by atoms with E-state index in [1.807, 2.05) is 6.92 Å². The number of urea groups is 1. The number of carbonyl (C=O) groups is 2. The summed E-state index contributed by atoms with van der Waals surface area (Å²) in [7, 11) is 0. The van der Waals surface area contributed by atoms with Crippen molar-refractivity contribution in [1.82, 2.24) is 15.6 Å². The number of nitrogens with zero attached hydrogens (tertiary/aromatic N) is 2. The monoisotopic (exact) mass is 304 g/mol. The van der Waals surface area contributed by atoms with Gasteiger partial charge in [0.1, 0.15) is 6.10 Å². The van der Waals surface area contributed by atoms with Crippen LogP contribution in [0.15, 0.2) is 12.3 Å². The van der Waals surface area contributed by atoms with E-state index < -0.39 is 6.03 Å². The highest BCUT2D eigenvalue weighted by Gasteiger charge is 2.27. The average Bonchev–Trinajstić information content (AvgIpc) is 2.51. The smallest absolute Gasteiger partial charge is 0.328 e. The van der Waals surface area contributed by atoms with Crippen molar-refractivity contribution in [1.29, 1.82) is 0 Å². The molecule has 3 rings (SSSR count). The predicted molar refractivity (Wildman–Crippen MR) is 81.0 cm³/mol. The van der Waals surface area contributed by atoms with E-state index in [2.05, 4.69) is 15.6 Å². The SMILES string of the molecule is Cc1c(N2CCC(=O)NC2=O)ccnc1OC1CCNCC1. The van der Waals surface area contributed by atoms with Crippen molar-refractivity contribution in [2.75, 3.05) is 24.5 Å². The zero-order chi connectivity index (χ0) is 15.5. The van der Waals surface area contributed by atoms with Crippen molar-refractivity contribution < 1.29 is 14.3 Å². The molecule has 2 saturated heterocycles. The molecule has 0 bridgehead atoms. The molecule has 2 aliphatic rings. The number of rotatable bonds is 3. The van der Waals surface area contributed by atoms with E-state index in [9.17, 15) is 9.59 Å². The molecule has 0 unspecified atom stereocenters. The van der Waals surface area contributed by atoms with E-state index in [1.165, 1.54) is 0 Å². The molecule has 0 aliphatic carbocycles. The predicted octanol–water partition coefficient (Wildman–Crippen LogP) is 0.967. The lowest BCUT2D eigenvalue weighted by atomic mass is 10.1. The Hall–Kier alpha value is -2.15. The van der Waals surface area contributed by atoms with E-state index in [1.54, 1.807) is 17.2 Å². The maximum Gasteiger partial charge on any atom is 0.328 e. The van der Waals surface area contributed by atoms with Crippen molar-refractivity contribution in [2.45, 2.75) is 32.3 Å². The van der Waals surface area contributed by atoms with Gasteiger partial charge in [0.15, 0.2) is 0 Å². The molecule has 2 N–H and O–H groups in total. The highest BCUT2D eigenvalue weighted by atomic mass is 16.5. The molecule has 2 aliphatic heterocycles. The van der Waals surface area contributed by atoms with Crippen molar-refractivity contribution in [2.24, 2.45) is 0 Å². The molecule has 2 fully saturated rings. The fourth-order valence-electron chi connectivity index (χ4n) is 2.78. The van der Waals surface area contributed by atoms with Gasteiger partial charge in [-0.1, -0.05) is 0 Å². The standard InChI is InChI=1S/C15H20N4O3/c1-10-12(19-9-5-13(20)18-15(19)21)4-8-17-14(10)22-11-2-6-16-7-3-11/h4,8,11,16H,2-3,5-7,9H2,1H3,(H,18,20,21). The summed E-state index contributed by atoms with van der Waals surface area (Å²) in [5.41, 5.74) is 1.56. The van der Waals surface area contributed by atoms with Gasteiger partial charge in [-0.15, -0.1) is 0 Å². The Labute approximate surface area is 129 Å². The second kappa shape index (κ2) is 6.31. The zero-order valence-corrected chi connectivity index (χ0v) is 12.6. The number of ether oxygens (including phenoxy) is 1. The summed E-state index contributed by atoms with van der Waals surface area (Å²) in [5.74, 6) is 0.327. The topological polar surface area (TPSA) is 83.6 Å². The summed E-state index contributed by atoms with van der Waals surface area (Å²) in [6.07, 6.45) is 3.99. The molecule has 3 heterocycles. The molecule has 0 saturated carbocycles. The lowest BCUT2D eigenvalue weighted by Crippen LogP contribution is -2.49. The highest BCUT2D eigenvalue weighted by molar-refractivity contribution is 6.05. The first-order chi connectivity index (χ1) is 10.6. The maximum absolute atomic E-state index is 12.0. The molecular weight excluding hydrogens is 284 g/mol. The summed E-state index contributed by atoms with van der Waals surface area (Å²) in [5, 5.41) is 5.63. The number of hydrogen-bond donors (Lipinski definition) is 2. The molecule has 0 aromatic carbocycles. The van der Waals surface area contributed by atoms with Gasteiger partial charge < -0.3 is 10.1 Å².